The second-order valence-corrected chi connectivity index (χ2v) is 4.08. The van der Waals surface area contributed by atoms with E-state index in [-0.39, 0.29) is 24.9 Å². The summed E-state index contributed by atoms with van der Waals surface area (Å²) in [4.78, 5) is 0. The third-order valence-electron chi connectivity index (χ3n) is 2.43. The zero-order chi connectivity index (χ0) is 9.47. The van der Waals surface area contributed by atoms with Crippen molar-refractivity contribution in [2.24, 2.45) is 0 Å². The molecule has 2 rings (SSSR count). The highest BCUT2D eigenvalue weighted by Gasteiger charge is 2.43. The van der Waals surface area contributed by atoms with E-state index in [0.717, 1.165) is 6.42 Å². The number of ether oxygens (including phenoxy) is 3. The van der Waals surface area contributed by atoms with Crippen molar-refractivity contribution in [1.82, 2.24) is 0 Å². The second-order valence-electron chi connectivity index (χ2n) is 4.08. The second kappa shape index (κ2) is 3.20. The maximum Gasteiger partial charge on any atom is 0.163 e. The lowest BCUT2D eigenvalue weighted by Crippen LogP contribution is -2.22. The third kappa shape index (κ3) is 2.20. The molecule has 4 nitrogen and oxygen atoms in total. The summed E-state index contributed by atoms with van der Waals surface area (Å²) in [6.45, 7) is 4.56. The molecule has 0 aromatic heterocycles. The topological polar surface area (TPSA) is 51.2 Å². The zero-order valence-electron chi connectivity index (χ0n) is 8.03. The van der Waals surface area contributed by atoms with Crippen molar-refractivity contribution in [2.45, 2.75) is 44.4 Å². The molecular weight excluding hydrogens is 172 g/mol. The highest BCUT2D eigenvalue weighted by molar-refractivity contribution is 4.88. The van der Waals surface area contributed by atoms with Gasteiger partial charge in [-0.3, -0.25) is 0 Å². The van der Waals surface area contributed by atoms with Gasteiger partial charge < -0.3 is 19.3 Å². The van der Waals surface area contributed by atoms with Crippen LogP contribution in [0.3, 0.4) is 0 Å². The Labute approximate surface area is 77.8 Å². The van der Waals surface area contributed by atoms with E-state index in [4.69, 9.17) is 19.3 Å². The minimum atomic E-state index is -0.450. The molecule has 0 unspecified atom stereocenters. The Kier molecular flexibility index (Phi) is 2.32. The Morgan fingerprint density at radius 1 is 1.38 bits per heavy atom. The van der Waals surface area contributed by atoms with E-state index >= 15 is 0 Å². The molecule has 0 spiro atoms. The molecular formula is C9H16O4. The number of hydrogen-bond acceptors (Lipinski definition) is 4. The largest absolute Gasteiger partial charge is 0.394 e. The molecule has 2 saturated heterocycles. The van der Waals surface area contributed by atoms with Crippen LogP contribution in [0.5, 0.6) is 0 Å². The van der Waals surface area contributed by atoms with Crippen LogP contribution in [0.4, 0.5) is 0 Å². The molecule has 4 heteroatoms. The quantitative estimate of drug-likeness (QED) is 0.647. The molecule has 76 valence electrons. The van der Waals surface area contributed by atoms with Gasteiger partial charge in [-0.05, 0) is 13.8 Å². The predicted molar refractivity (Wildman–Crippen MR) is 45.3 cm³/mol. The van der Waals surface area contributed by atoms with Crippen LogP contribution in [-0.2, 0) is 14.2 Å². The number of aliphatic hydroxyl groups excluding tert-OH is 1. The number of aliphatic hydroxyl groups is 1. The molecule has 2 heterocycles. The van der Waals surface area contributed by atoms with Crippen LogP contribution in [0.15, 0.2) is 0 Å². The zero-order valence-corrected chi connectivity index (χ0v) is 8.03. The van der Waals surface area contributed by atoms with Gasteiger partial charge in [0.15, 0.2) is 5.79 Å². The molecule has 0 aliphatic carbocycles. The van der Waals surface area contributed by atoms with Crippen molar-refractivity contribution in [3.05, 3.63) is 0 Å². The number of rotatable bonds is 3. The Bertz CT molecular complexity index is 192. The van der Waals surface area contributed by atoms with Gasteiger partial charge in [0.2, 0.25) is 0 Å². The van der Waals surface area contributed by atoms with Crippen molar-refractivity contribution >= 4 is 0 Å². The molecule has 0 bridgehead atoms. The first-order chi connectivity index (χ1) is 6.11. The monoisotopic (exact) mass is 188 g/mol. The Morgan fingerprint density at radius 3 is 2.62 bits per heavy atom. The molecule has 1 N–H and O–H groups in total. The van der Waals surface area contributed by atoms with Crippen molar-refractivity contribution < 1.29 is 19.3 Å². The van der Waals surface area contributed by atoms with Gasteiger partial charge in [0.05, 0.1) is 25.4 Å². The summed E-state index contributed by atoms with van der Waals surface area (Å²) in [7, 11) is 0. The molecule has 0 aromatic carbocycles. The Hall–Kier alpha value is -0.160. The first-order valence-corrected chi connectivity index (χ1v) is 4.69. The lowest BCUT2D eigenvalue weighted by Gasteiger charge is -2.16. The van der Waals surface area contributed by atoms with Crippen LogP contribution >= 0.6 is 0 Å². The summed E-state index contributed by atoms with van der Waals surface area (Å²) < 4.78 is 16.2. The standard InChI is InChI=1S/C9H16O4/c1-9(2)11-5-6(13-9)3-7-8(4-10)12-7/h6-8,10H,3-5H2,1-2H3/t6-,7+,8+/m0/s1. The number of hydrogen-bond donors (Lipinski definition) is 1. The predicted octanol–water partition coefficient (Wildman–Crippen LogP) is 0.288. The fourth-order valence-corrected chi connectivity index (χ4v) is 1.69. The van der Waals surface area contributed by atoms with Crippen molar-refractivity contribution in [3.63, 3.8) is 0 Å². The van der Waals surface area contributed by atoms with Gasteiger partial charge in [0.1, 0.15) is 6.10 Å². The molecule has 0 saturated carbocycles. The van der Waals surface area contributed by atoms with Gasteiger partial charge in [0.25, 0.3) is 0 Å². The molecule has 13 heavy (non-hydrogen) atoms. The molecule has 2 fully saturated rings. The lowest BCUT2D eigenvalue weighted by atomic mass is 10.2. The Balaban J connectivity index is 1.73. The molecule has 3 atom stereocenters. The van der Waals surface area contributed by atoms with Gasteiger partial charge in [-0.25, -0.2) is 0 Å². The van der Waals surface area contributed by atoms with Crippen molar-refractivity contribution in [2.75, 3.05) is 13.2 Å². The lowest BCUT2D eigenvalue weighted by molar-refractivity contribution is -0.139. The first-order valence-electron chi connectivity index (χ1n) is 4.69. The highest BCUT2D eigenvalue weighted by Crippen LogP contribution is 2.31. The van der Waals surface area contributed by atoms with E-state index in [1.54, 1.807) is 0 Å². The van der Waals surface area contributed by atoms with Crippen LogP contribution in [0.2, 0.25) is 0 Å². The summed E-state index contributed by atoms with van der Waals surface area (Å²) in [6.07, 6.45) is 1.16. The SMILES string of the molecule is CC1(C)OC[C@H](C[C@H]2O[C@@H]2CO)O1. The van der Waals surface area contributed by atoms with Gasteiger partial charge in [-0.15, -0.1) is 0 Å². The molecule has 0 aromatic rings. The minimum absolute atomic E-state index is 0.0345. The third-order valence-corrected chi connectivity index (χ3v) is 2.43. The van der Waals surface area contributed by atoms with E-state index < -0.39 is 5.79 Å². The van der Waals surface area contributed by atoms with E-state index in [1.807, 2.05) is 13.8 Å². The normalized spacial score (nSPS) is 42.2. The summed E-state index contributed by atoms with van der Waals surface area (Å²) in [5.74, 6) is -0.450. The Morgan fingerprint density at radius 2 is 2.15 bits per heavy atom. The highest BCUT2D eigenvalue weighted by atomic mass is 16.7. The van der Waals surface area contributed by atoms with Crippen LogP contribution < -0.4 is 0 Å². The molecule has 2 aliphatic rings. The first kappa shape index (κ1) is 9.40. The molecule has 2 aliphatic heterocycles. The van der Waals surface area contributed by atoms with Crippen LogP contribution in [0.1, 0.15) is 20.3 Å². The van der Waals surface area contributed by atoms with Crippen molar-refractivity contribution in [1.29, 1.82) is 0 Å². The van der Waals surface area contributed by atoms with E-state index in [1.165, 1.54) is 0 Å². The fourth-order valence-electron chi connectivity index (χ4n) is 1.69. The fraction of sp³-hybridized carbons (Fsp3) is 1.00. The number of epoxide rings is 1. The van der Waals surface area contributed by atoms with E-state index in [2.05, 4.69) is 0 Å². The van der Waals surface area contributed by atoms with E-state index in [9.17, 15) is 0 Å². The summed E-state index contributed by atoms with van der Waals surface area (Å²) in [6, 6.07) is 0. The van der Waals surface area contributed by atoms with E-state index in [0.29, 0.717) is 6.61 Å². The van der Waals surface area contributed by atoms with Gasteiger partial charge >= 0.3 is 0 Å². The summed E-state index contributed by atoms with van der Waals surface area (Å²) in [5.41, 5.74) is 0. The average molecular weight is 188 g/mol. The summed E-state index contributed by atoms with van der Waals surface area (Å²) >= 11 is 0. The maximum absolute atomic E-state index is 8.76. The summed E-state index contributed by atoms with van der Waals surface area (Å²) in [5, 5.41) is 8.76. The maximum atomic E-state index is 8.76. The molecule has 0 radical (unpaired) electrons. The van der Waals surface area contributed by atoms with Gasteiger partial charge in [-0.1, -0.05) is 0 Å². The smallest absolute Gasteiger partial charge is 0.163 e. The van der Waals surface area contributed by atoms with Crippen LogP contribution in [0, 0.1) is 0 Å². The van der Waals surface area contributed by atoms with Gasteiger partial charge in [-0.2, -0.15) is 0 Å². The van der Waals surface area contributed by atoms with Crippen molar-refractivity contribution in [3.8, 4) is 0 Å². The average Bonchev–Trinajstić information content (AvgIpc) is 2.70. The molecule has 0 amide bonds. The minimum Gasteiger partial charge on any atom is -0.394 e. The van der Waals surface area contributed by atoms with Crippen LogP contribution in [-0.4, -0.2) is 42.4 Å². The van der Waals surface area contributed by atoms with Gasteiger partial charge in [0, 0.05) is 6.42 Å². The van der Waals surface area contributed by atoms with Crippen LogP contribution in [0.25, 0.3) is 0 Å².